The van der Waals surface area contributed by atoms with E-state index < -0.39 is 5.60 Å². The highest BCUT2D eigenvalue weighted by Crippen LogP contribution is 2.23. The van der Waals surface area contributed by atoms with Gasteiger partial charge in [0.05, 0.1) is 0 Å². The van der Waals surface area contributed by atoms with Crippen molar-refractivity contribution in [2.75, 3.05) is 31.6 Å². The van der Waals surface area contributed by atoms with Crippen molar-refractivity contribution in [2.45, 2.75) is 64.9 Å². The zero-order valence-electron chi connectivity index (χ0n) is 17.5. The minimum absolute atomic E-state index is 0.0282. The lowest BCUT2D eigenvalue weighted by Crippen LogP contribution is -2.42. The molecule has 2 rings (SSSR count). The fourth-order valence-corrected chi connectivity index (χ4v) is 3.36. The predicted molar refractivity (Wildman–Crippen MR) is 111 cm³/mol. The van der Waals surface area contributed by atoms with Crippen LogP contribution in [0, 0.1) is 0 Å². The molecule has 6 nitrogen and oxygen atoms in total. The average Bonchev–Trinajstić information content (AvgIpc) is 2.72. The molecule has 1 aromatic carbocycles. The van der Waals surface area contributed by atoms with Gasteiger partial charge in [-0.1, -0.05) is 19.8 Å². The fraction of sp³-hybridized carbons (Fsp3) is 0.636. The van der Waals surface area contributed by atoms with Crippen LogP contribution < -0.4 is 10.1 Å². The number of nitrogens with one attached hydrogen (secondary N) is 1. The Morgan fingerprint density at radius 1 is 1.11 bits per heavy atom. The number of hydrogen-bond donors (Lipinski definition) is 1. The summed E-state index contributed by atoms with van der Waals surface area (Å²) in [5, 5.41) is 2.93. The van der Waals surface area contributed by atoms with Crippen LogP contribution in [-0.2, 0) is 14.3 Å². The molecular formula is C22H34N2O4. The van der Waals surface area contributed by atoms with Gasteiger partial charge in [-0.3, -0.25) is 9.59 Å². The highest BCUT2D eigenvalue weighted by molar-refractivity contribution is 5.97. The second-order valence-electron chi connectivity index (χ2n) is 7.48. The van der Waals surface area contributed by atoms with Crippen molar-refractivity contribution in [3.63, 3.8) is 0 Å². The molecule has 156 valence electrons. The maximum absolute atomic E-state index is 12.7. The van der Waals surface area contributed by atoms with Gasteiger partial charge in [0.25, 0.3) is 11.8 Å². The van der Waals surface area contributed by atoms with Crippen molar-refractivity contribution >= 4 is 17.5 Å². The summed E-state index contributed by atoms with van der Waals surface area (Å²) in [6, 6.07) is 7.10. The summed E-state index contributed by atoms with van der Waals surface area (Å²) in [4.78, 5) is 26.7. The van der Waals surface area contributed by atoms with Gasteiger partial charge in [0.1, 0.15) is 11.4 Å². The zero-order chi connectivity index (χ0) is 20.4. The number of unbranched alkanes of at least 4 members (excludes halogenated alkanes) is 1. The van der Waals surface area contributed by atoms with Crippen LogP contribution in [-0.4, -0.2) is 48.6 Å². The van der Waals surface area contributed by atoms with E-state index >= 15 is 0 Å². The summed E-state index contributed by atoms with van der Waals surface area (Å²) in [6.07, 6.45) is 5.96. The molecule has 2 amide bonds. The van der Waals surface area contributed by atoms with Crippen molar-refractivity contribution < 1.29 is 19.1 Å². The van der Waals surface area contributed by atoms with Crippen LogP contribution in [0.15, 0.2) is 24.3 Å². The molecule has 0 spiro atoms. The third-order valence-corrected chi connectivity index (χ3v) is 5.13. The van der Waals surface area contributed by atoms with E-state index in [2.05, 4.69) is 12.2 Å². The summed E-state index contributed by atoms with van der Waals surface area (Å²) < 4.78 is 11.3. The fourth-order valence-electron chi connectivity index (χ4n) is 3.36. The van der Waals surface area contributed by atoms with E-state index in [0.29, 0.717) is 24.5 Å². The number of hydrogen-bond acceptors (Lipinski definition) is 4. The quantitative estimate of drug-likeness (QED) is 0.656. The number of rotatable bonds is 10. The van der Waals surface area contributed by atoms with Crippen LogP contribution in [0.2, 0.25) is 0 Å². The number of nitrogens with zero attached hydrogens (tertiary/aromatic N) is 1. The van der Waals surface area contributed by atoms with E-state index in [1.807, 2.05) is 18.7 Å². The Hall–Kier alpha value is -2.08. The number of amides is 2. The van der Waals surface area contributed by atoms with Crippen molar-refractivity contribution in [3.8, 4) is 5.75 Å². The molecule has 1 heterocycles. The van der Waals surface area contributed by atoms with E-state index in [9.17, 15) is 9.59 Å². The minimum Gasteiger partial charge on any atom is -0.484 e. The van der Waals surface area contributed by atoms with Crippen LogP contribution in [0.4, 0.5) is 5.69 Å². The molecule has 1 aliphatic heterocycles. The molecule has 0 radical (unpaired) electrons. The van der Waals surface area contributed by atoms with Crippen molar-refractivity contribution in [1.29, 1.82) is 0 Å². The average molecular weight is 391 g/mol. The molecule has 0 bridgehead atoms. The van der Waals surface area contributed by atoms with Gasteiger partial charge in [-0.15, -0.1) is 0 Å². The first kappa shape index (κ1) is 22.2. The molecule has 6 heteroatoms. The molecule has 0 unspecified atom stereocenters. The van der Waals surface area contributed by atoms with E-state index in [4.69, 9.17) is 9.47 Å². The van der Waals surface area contributed by atoms with Crippen LogP contribution in [0.3, 0.4) is 0 Å². The Morgan fingerprint density at radius 3 is 2.39 bits per heavy atom. The monoisotopic (exact) mass is 390 g/mol. The van der Waals surface area contributed by atoms with Gasteiger partial charge in [0, 0.05) is 25.4 Å². The molecule has 0 aliphatic carbocycles. The van der Waals surface area contributed by atoms with Crippen LogP contribution in [0.25, 0.3) is 0 Å². The van der Waals surface area contributed by atoms with Crippen molar-refractivity contribution in [1.82, 2.24) is 4.90 Å². The number of carbonyl (C=O) groups excluding carboxylic acids is 2. The first-order valence-corrected chi connectivity index (χ1v) is 10.4. The smallest absolute Gasteiger partial charge is 0.260 e. The molecule has 1 N–H and O–H groups in total. The van der Waals surface area contributed by atoms with Crippen molar-refractivity contribution in [3.05, 3.63) is 24.3 Å². The van der Waals surface area contributed by atoms with Gasteiger partial charge >= 0.3 is 0 Å². The van der Waals surface area contributed by atoms with E-state index in [1.165, 1.54) is 6.42 Å². The molecule has 1 atom stereocenters. The second kappa shape index (κ2) is 11.1. The third-order valence-electron chi connectivity index (χ3n) is 5.13. The second-order valence-corrected chi connectivity index (χ2v) is 7.48. The molecule has 1 fully saturated rings. The number of piperidine rings is 1. The molecule has 28 heavy (non-hydrogen) atoms. The topological polar surface area (TPSA) is 67.9 Å². The number of benzene rings is 1. The lowest BCUT2D eigenvalue weighted by Gasteiger charge is -2.28. The van der Waals surface area contributed by atoms with Crippen molar-refractivity contribution in [2.24, 2.45) is 0 Å². The molecule has 0 saturated carbocycles. The summed E-state index contributed by atoms with van der Waals surface area (Å²) in [6.45, 7) is 8.02. The standard InChI is InChI=1S/C22H34N2O4/c1-4-6-14-22(3,28-5-2)21(26)23-18-10-12-19(13-11-18)27-17-20(25)24-15-8-7-9-16-24/h10-13H,4-9,14-17H2,1-3H3,(H,23,26)/t22-/m0/s1. The molecule has 0 aromatic heterocycles. The SMILES string of the molecule is CCCC[C@](C)(OCC)C(=O)Nc1ccc(OCC(=O)N2CCCCC2)cc1. The van der Waals surface area contributed by atoms with E-state index in [0.717, 1.165) is 38.8 Å². The normalized spacial score (nSPS) is 16.3. The highest BCUT2D eigenvalue weighted by Gasteiger charge is 2.33. The first-order valence-electron chi connectivity index (χ1n) is 10.4. The predicted octanol–water partition coefficient (Wildman–Crippen LogP) is 4.00. The Morgan fingerprint density at radius 2 is 1.79 bits per heavy atom. The van der Waals surface area contributed by atoms with Gasteiger partial charge in [0.15, 0.2) is 6.61 Å². The number of likely N-dealkylation sites (tertiary alicyclic amines) is 1. The van der Waals surface area contributed by atoms with Gasteiger partial charge in [-0.25, -0.2) is 0 Å². The molecule has 1 aliphatic rings. The molecule has 1 saturated heterocycles. The van der Waals surface area contributed by atoms with Crippen LogP contribution >= 0.6 is 0 Å². The van der Waals surface area contributed by atoms with Gasteiger partial charge in [-0.05, 0) is 63.8 Å². The summed E-state index contributed by atoms with van der Waals surface area (Å²) in [5.41, 5.74) is -0.150. The number of anilines is 1. The Bertz CT molecular complexity index is 626. The molecule has 1 aromatic rings. The Balaban J connectivity index is 1.87. The first-order chi connectivity index (χ1) is 13.5. The molecular weight excluding hydrogens is 356 g/mol. The summed E-state index contributed by atoms with van der Waals surface area (Å²) in [5.74, 6) is 0.499. The lowest BCUT2D eigenvalue weighted by atomic mass is 9.97. The van der Waals surface area contributed by atoms with E-state index in [1.54, 1.807) is 24.3 Å². The minimum atomic E-state index is -0.833. The zero-order valence-corrected chi connectivity index (χ0v) is 17.5. The van der Waals surface area contributed by atoms with Crippen LogP contribution in [0.1, 0.15) is 59.3 Å². The number of ether oxygens (including phenoxy) is 2. The van der Waals surface area contributed by atoms with E-state index in [-0.39, 0.29) is 18.4 Å². The summed E-state index contributed by atoms with van der Waals surface area (Å²) >= 11 is 0. The number of carbonyl (C=O) groups is 2. The third kappa shape index (κ3) is 6.51. The van der Waals surface area contributed by atoms with Gasteiger partial charge < -0.3 is 19.7 Å². The summed E-state index contributed by atoms with van der Waals surface area (Å²) in [7, 11) is 0. The lowest BCUT2D eigenvalue weighted by molar-refractivity contribution is -0.139. The van der Waals surface area contributed by atoms with Crippen LogP contribution in [0.5, 0.6) is 5.75 Å². The Labute approximate surface area is 168 Å². The highest BCUT2D eigenvalue weighted by atomic mass is 16.5. The van der Waals surface area contributed by atoms with Gasteiger partial charge in [0.2, 0.25) is 0 Å². The Kier molecular flexibility index (Phi) is 8.77. The largest absolute Gasteiger partial charge is 0.484 e. The maximum Gasteiger partial charge on any atom is 0.260 e. The van der Waals surface area contributed by atoms with Gasteiger partial charge in [-0.2, -0.15) is 0 Å². The maximum atomic E-state index is 12.7.